The first-order valence-electron chi connectivity index (χ1n) is 9.74. The molecule has 1 atom stereocenters. The number of nitrogens with zero attached hydrogens (tertiary/aromatic N) is 3. The van der Waals surface area contributed by atoms with Crippen LogP contribution >= 0.6 is 22.9 Å². The van der Waals surface area contributed by atoms with E-state index >= 15 is 0 Å². The lowest BCUT2D eigenvalue weighted by atomic mass is 9.94. The van der Waals surface area contributed by atoms with Crippen LogP contribution in [0.25, 0.3) is 11.5 Å². The second-order valence-electron chi connectivity index (χ2n) is 7.37. The lowest BCUT2D eigenvalue weighted by Gasteiger charge is -2.20. The Kier molecular flexibility index (Phi) is 5.04. The number of imide groups is 1. The smallest absolute Gasteiger partial charge is 0.418 e. The predicted octanol–water partition coefficient (Wildman–Crippen LogP) is 3.53. The van der Waals surface area contributed by atoms with Crippen LogP contribution < -0.4 is 8.85 Å². The number of fused-ring (bicyclic) bond motifs is 2. The molecule has 10 nitrogen and oxygen atoms in total. The normalized spacial score (nSPS) is 19.2. The molecule has 5 rings (SSSR count). The van der Waals surface area contributed by atoms with Crippen molar-refractivity contribution in [2.45, 2.75) is 25.0 Å². The molecule has 2 heterocycles. The fraction of sp³-hybridized carbons (Fsp3) is 0.190. The second kappa shape index (κ2) is 7.89. The van der Waals surface area contributed by atoms with Gasteiger partial charge in [-0.2, -0.15) is 0 Å². The van der Waals surface area contributed by atoms with Crippen molar-refractivity contribution < 1.29 is 23.5 Å². The molecule has 0 unspecified atom stereocenters. The number of anilines is 1. The third-order valence-electron chi connectivity index (χ3n) is 5.48. The number of amides is 4. The predicted molar refractivity (Wildman–Crippen MR) is 119 cm³/mol. The van der Waals surface area contributed by atoms with Gasteiger partial charge in [-0.15, -0.1) is 10.2 Å². The summed E-state index contributed by atoms with van der Waals surface area (Å²) < 4.78 is 13.7. The summed E-state index contributed by atoms with van der Waals surface area (Å²) in [6.45, 7) is -0.177. The van der Waals surface area contributed by atoms with Gasteiger partial charge in [-0.05, 0) is 36.2 Å². The Hall–Kier alpha value is -3.48. The molecular weight excluding hydrogens is 529 g/mol. The fourth-order valence-electron chi connectivity index (χ4n) is 4.04. The van der Waals surface area contributed by atoms with E-state index in [9.17, 15) is 14.4 Å². The van der Waals surface area contributed by atoms with E-state index in [-0.39, 0.29) is 18.5 Å². The van der Waals surface area contributed by atoms with E-state index < -0.39 is 17.6 Å². The van der Waals surface area contributed by atoms with Crippen molar-refractivity contribution in [2.24, 2.45) is 0 Å². The van der Waals surface area contributed by atoms with E-state index in [1.165, 1.54) is 0 Å². The van der Waals surface area contributed by atoms with Crippen LogP contribution in [0.15, 0.2) is 52.9 Å². The first-order chi connectivity index (χ1) is 15.5. The summed E-state index contributed by atoms with van der Waals surface area (Å²) in [6, 6.07) is 14.0. The molecule has 2 aliphatic rings. The maximum Gasteiger partial charge on any atom is 0.418 e. The van der Waals surface area contributed by atoms with Crippen molar-refractivity contribution >= 4 is 46.6 Å². The molecule has 1 aliphatic heterocycles. The van der Waals surface area contributed by atoms with Crippen molar-refractivity contribution in [3.63, 3.8) is 0 Å². The SMILES string of the molecule is O=C(NI)Nc1ccc2c(c1)CC[C@]21OC(=O)N(Cc2nnc(-c3ccccc3)o2)C1=O. The number of halogens is 1. The standard InChI is InChI=1S/C21H16IN5O5/c22-24-19(29)23-14-6-7-15-13(10-14)8-9-21(15)18(28)27(20(30)32-21)11-16-25-26-17(31-16)12-4-2-1-3-5-12/h1-7,10H,8-9,11H2,(H2,23,24,29)/t21-/m0/s1. The van der Waals surface area contributed by atoms with Crippen LogP contribution in [0.5, 0.6) is 0 Å². The number of aryl methyl sites for hydroxylation is 1. The third kappa shape index (κ3) is 3.38. The summed E-state index contributed by atoms with van der Waals surface area (Å²) in [5, 5.41) is 10.7. The molecule has 1 saturated heterocycles. The van der Waals surface area contributed by atoms with Gasteiger partial charge in [-0.3, -0.25) is 8.32 Å². The van der Waals surface area contributed by atoms with Crippen LogP contribution in [0.3, 0.4) is 0 Å². The van der Waals surface area contributed by atoms with Crippen LogP contribution in [-0.2, 0) is 28.1 Å². The Labute approximate surface area is 195 Å². The third-order valence-corrected chi connectivity index (χ3v) is 5.97. The molecule has 2 aromatic carbocycles. The number of aromatic nitrogens is 2. The van der Waals surface area contributed by atoms with Gasteiger partial charge in [-0.25, -0.2) is 14.5 Å². The molecule has 1 aromatic heterocycles. The van der Waals surface area contributed by atoms with E-state index in [0.717, 1.165) is 16.0 Å². The summed E-state index contributed by atoms with van der Waals surface area (Å²) in [7, 11) is 0. The summed E-state index contributed by atoms with van der Waals surface area (Å²) in [5.74, 6) is -0.0303. The molecule has 3 aromatic rings. The Morgan fingerprint density at radius 3 is 2.75 bits per heavy atom. The molecule has 0 radical (unpaired) electrons. The Morgan fingerprint density at radius 1 is 1.16 bits per heavy atom. The van der Waals surface area contributed by atoms with Gasteiger partial charge in [0.25, 0.3) is 5.91 Å². The van der Waals surface area contributed by atoms with Gasteiger partial charge < -0.3 is 14.5 Å². The van der Waals surface area contributed by atoms with Crippen LogP contribution in [0.2, 0.25) is 0 Å². The van der Waals surface area contributed by atoms with Crippen molar-refractivity contribution in [2.75, 3.05) is 5.32 Å². The van der Waals surface area contributed by atoms with Gasteiger partial charge in [-0.1, -0.05) is 24.3 Å². The molecule has 1 aliphatic carbocycles. The maximum atomic E-state index is 13.3. The first kappa shape index (κ1) is 20.4. The van der Waals surface area contributed by atoms with Gasteiger partial charge in [0.1, 0.15) is 6.54 Å². The molecule has 162 valence electrons. The molecule has 11 heteroatoms. The number of nitrogens with one attached hydrogen (secondary N) is 2. The summed E-state index contributed by atoms with van der Waals surface area (Å²) in [5.41, 5.74) is 1.41. The number of hydrogen-bond acceptors (Lipinski definition) is 7. The average Bonchev–Trinajstić information content (AvgIpc) is 3.48. The minimum Gasteiger partial charge on any atom is -0.427 e. The zero-order valence-electron chi connectivity index (χ0n) is 16.5. The number of carbonyl (C=O) groups is 3. The topological polar surface area (TPSA) is 127 Å². The molecule has 0 bridgehead atoms. The lowest BCUT2D eigenvalue weighted by Crippen LogP contribution is -2.37. The van der Waals surface area contributed by atoms with Gasteiger partial charge in [0.2, 0.25) is 17.4 Å². The van der Waals surface area contributed by atoms with E-state index in [2.05, 4.69) is 19.0 Å². The summed E-state index contributed by atoms with van der Waals surface area (Å²) >= 11 is 1.74. The number of urea groups is 1. The molecule has 32 heavy (non-hydrogen) atoms. The Balaban J connectivity index is 1.37. The molecule has 0 saturated carbocycles. The molecular formula is C21H16IN5O5. The van der Waals surface area contributed by atoms with E-state index in [1.54, 1.807) is 41.1 Å². The highest BCUT2D eigenvalue weighted by atomic mass is 127. The van der Waals surface area contributed by atoms with Crippen molar-refractivity contribution in [1.82, 2.24) is 18.6 Å². The van der Waals surface area contributed by atoms with Crippen LogP contribution in [0.4, 0.5) is 15.3 Å². The first-order valence-corrected chi connectivity index (χ1v) is 10.8. The molecule has 1 fully saturated rings. The Morgan fingerprint density at radius 2 is 1.97 bits per heavy atom. The quantitative estimate of drug-likeness (QED) is 0.380. The van der Waals surface area contributed by atoms with Crippen molar-refractivity contribution in [1.29, 1.82) is 0 Å². The highest BCUT2D eigenvalue weighted by Crippen LogP contribution is 2.46. The minimum atomic E-state index is -1.38. The van der Waals surface area contributed by atoms with Gasteiger partial charge in [0, 0.05) is 23.2 Å². The van der Waals surface area contributed by atoms with Crippen molar-refractivity contribution in [3.8, 4) is 11.5 Å². The lowest BCUT2D eigenvalue weighted by molar-refractivity contribution is -0.138. The monoisotopic (exact) mass is 545 g/mol. The Bertz CT molecular complexity index is 1230. The van der Waals surface area contributed by atoms with Gasteiger partial charge in [0.05, 0.1) is 22.9 Å². The van der Waals surface area contributed by atoms with Gasteiger partial charge in [0.15, 0.2) is 0 Å². The minimum absolute atomic E-state index is 0.133. The highest BCUT2D eigenvalue weighted by Gasteiger charge is 2.58. The number of ether oxygens (including phenoxy) is 1. The number of hydrogen-bond donors (Lipinski definition) is 2. The average molecular weight is 545 g/mol. The summed E-state index contributed by atoms with van der Waals surface area (Å²) in [6.07, 6.45) is 0.0982. The van der Waals surface area contributed by atoms with Gasteiger partial charge >= 0.3 is 12.1 Å². The second-order valence-corrected chi connectivity index (χ2v) is 7.91. The van der Waals surface area contributed by atoms with E-state index in [4.69, 9.17) is 9.15 Å². The van der Waals surface area contributed by atoms with E-state index in [1.807, 2.05) is 30.3 Å². The largest absolute Gasteiger partial charge is 0.427 e. The zero-order valence-corrected chi connectivity index (χ0v) is 18.7. The number of carbonyl (C=O) groups excluding carboxylic acids is 3. The summed E-state index contributed by atoms with van der Waals surface area (Å²) in [4.78, 5) is 38.5. The van der Waals surface area contributed by atoms with Crippen LogP contribution in [0.1, 0.15) is 23.4 Å². The number of benzene rings is 2. The molecule has 4 amide bonds. The van der Waals surface area contributed by atoms with Crippen molar-refractivity contribution in [3.05, 3.63) is 65.5 Å². The zero-order chi connectivity index (χ0) is 22.3. The number of rotatable bonds is 4. The molecule has 1 spiro atoms. The molecule has 2 N–H and O–H groups in total. The van der Waals surface area contributed by atoms with E-state index in [0.29, 0.717) is 30.0 Å². The van der Waals surface area contributed by atoms with Crippen LogP contribution in [-0.4, -0.2) is 33.1 Å². The van der Waals surface area contributed by atoms with Crippen LogP contribution in [0, 0.1) is 0 Å². The fourth-order valence-corrected chi connectivity index (χ4v) is 4.17. The highest BCUT2D eigenvalue weighted by molar-refractivity contribution is 14.1. The maximum absolute atomic E-state index is 13.3.